The maximum Gasteiger partial charge on any atom is 0.117 e. The molecule has 0 unspecified atom stereocenters. The zero-order chi connectivity index (χ0) is 4.12. The summed E-state index contributed by atoms with van der Waals surface area (Å²) in [7, 11) is 0. The van der Waals surface area contributed by atoms with Crippen LogP contribution in [0, 0.1) is 6.92 Å². The number of hydrogen-bond donors (Lipinski definition) is 0. The second-order valence-corrected chi connectivity index (χ2v) is 0.809. The van der Waals surface area contributed by atoms with E-state index in [1.54, 1.807) is 0 Å². The molecule has 0 spiro atoms. The number of hydrogen-bond acceptors (Lipinski definition) is 1. The maximum atomic E-state index is 9.36. The summed E-state index contributed by atoms with van der Waals surface area (Å²) in [6.45, 7) is 3.44. The topological polar surface area (TPSA) is 17.1 Å². The van der Waals surface area contributed by atoms with Gasteiger partial charge in [0.25, 0.3) is 0 Å². The van der Waals surface area contributed by atoms with Crippen molar-refractivity contribution < 1.29 is 37.5 Å². The van der Waals surface area contributed by atoms with Crippen molar-refractivity contribution in [2.45, 2.75) is 12.8 Å². The molecule has 0 saturated heterocycles. The molecule has 1 radical (unpaired) electrons. The van der Waals surface area contributed by atoms with Gasteiger partial charge in [-0.2, -0.15) is 6.42 Å². The van der Waals surface area contributed by atoms with Gasteiger partial charge in [-0.25, -0.2) is 0 Å². The van der Waals surface area contributed by atoms with Crippen molar-refractivity contribution in [3.8, 4) is 0 Å². The quantitative estimate of drug-likeness (QED) is 0.431. The summed E-state index contributed by atoms with van der Waals surface area (Å²) in [6, 6.07) is 0. The van der Waals surface area contributed by atoms with E-state index >= 15 is 0 Å². The van der Waals surface area contributed by atoms with E-state index in [4.69, 9.17) is 0 Å². The zero-order valence-corrected chi connectivity index (χ0v) is 6.52. The molecule has 33 valence electrons. The van der Waals surface area contributed by atoms with Gasteiger partial charge in [-0.15, -0.1) is 0 Å². The van der Waals surface area contributed by atoms with Gasteiger partial charge in [-0.1, -0.05) is 0 Å². The third-order valence-corrected chi connectivity index (χ3v) is 0.322. The molecule has 0 aliphatic heterocycles. The molecule has 2 heteroatoms. The van der Waals surface area contributed by atoms with E-state index in [-0.39, 0.29) is 32.7 Å². The molecule has 0 fully saturated rings. The summed E-state index contributed by atoms with van der Waals surface area (Å²) in [5, 5.41) is 0. The first-order valence-electron chi connectivity index (χ1n) is 1.64. The number of rotatable bonds is 2. The minimum absolute atomic E-state index is 0. The molecule has 1 nitrogen and oxygen atoms in total. The van der Waals surface area contributed by atoms with Gasteiger partial charge >= 0.3 is 0 Å². The molecular weight excluding hydrogens is 153 g/mol. The van der Waals surface area contributed by atoms with Crippen LogP contribution in [0.25, 0.3) is 0 Å². The van der Waals surface area contributed by atoms with Gasteiger partial charge in [0.05, 0.1) is 0 Å². The molecule has 0 atom stereocenters. The number of carbonyl (C=O) groups excluding carboxylic acids is 1. The Bertz CT molecular complexity index is 28.7. The summed E-state index contributed by atoms with van der Waals surface area (Å²) >= 11 is 0. The minimum Gasteiger partial charge on any atom is -0.343 e. The molecule has 0 amide bonds. The molecular formula is C4H7OY-. The molecule has 0 heterocycles. The van der Waals surface area contributed by atoms with E-state index in [2.05, 4.69) is 6.92 Å². The molecule has 0 aromatic rings. The van der Waals surface area contributed by atoms with E-state index in [1.807, 2.05) is 0 Å². The fraction of sp³-hybridized carbons (Fsp3) is 0.500. The second-order valence-electron chi connectivity index (χ2n) is 0.809. The predicted molar refractivity (Wildman–Crippen MR) is 20.7 cm³/mol. The standard InChI is InChI=1S/C4H7O.Y/c1-2-3-4-5;/h4H,1-3H2;/q-1;. The van der Waals surface area contributed by atoms with Crippen LogP contribution < -0.4 is 0 Å². The molecule has 6 heavy (non-hydrogen) atoms. The Balaban J connectivity index is 0. The predicted octanol–water partition coefficient (Wildman–Crippen LogP) is 0.797. The summed E-state index contributed by atoms with van der Waals surface area (Å²) in [5.41, 5.74) is 0. The summed E-state index contributed by atoms with van der Waals surface area (Å²) in [6.07, 6.45) is 2.19. The molecule has 0 aliphatic carbocycles. The van der Waals surface area contributed by atoms with E-state index in [1.165, 1.54) is 0 Å². The maximum absolute atomic E-state index is 9.36. The number of carbonyl (C=O) groups is 1. The van der Waals surface area contributed by atoms with Crippen molar-refractivity contribution in [2.75, 3.05) is 0 Å². The van der Waals surface area contributed by atoms with Gasteiger partial charge in [-0.3, -0.25) is 0 Å². The first-order chi connectivity index (χ1) is 2.41. The Labute approximate surface area is 63.4 Å². The Kier molecular flexibility index (Phi) is 15.3. The zero-order valence-electron chi connectivity index (χ0n) is 3.68. The third-order valence-electron chi connectivity index (χ3n) is 0.322. The van der Waals surface area contributed by atoms with Crippen LogP contribution in [0.5, 0.6) is 0 Å². The van der Waals surface area contributed by atoms with Gasteiger partial charge in [0.2, 0.25) is 0 Å². The van der Waals surface area contributed by atoms with Gasteiger partial charge in [-0.05, 0) is 6.42 Å². The Morgan fingerprint density at radius 2 is 2.17 bits per heavy atom. The first-order valence-corrected chi connectivity index (χ1v) is 1.64. The van der Waals surface area contributed by atoms with Crippen LogP contribution in [-0.4, -0.2) is 6.29 Å². The van der Waals surface area contributed by atoms with E-state index in [9.17, 15) is 4.79 Å². The normalized spacial score (nSPS) is 6.17. The average Bonchev–Trinajstić information content (AvgIpc) is 1.41. The molecule has 0 aromatic heterocycles. The second kappa shape index (κ2) is 9.24. The Morgan fingerprint density at radius 3 is 2.17 bits per heavy atom. The Morgan fingerprint density at radius 1 is 1.67 bits per heavy atom. The summed E-state index contributed by atoms with van der Waals surface area (Å²) in [4.78, 5) is 9.36. The van der Waals surface area contributed by atoms with Crippen molar-refractivity contribution in [1.82, 2.24) is 0 Å². The number of unbranched alkanes of at least 4 members (excludes halogenated alkanes) is 1. The van der Waals surface area contributed by atoms with Crippen molar-refractivity contribution in [3.63, 3.8) is 0 Å². The molecule has 0 saturated carbocycles. The number of aldehydes is 1. The third kappa shape index (κ3) is 8.84. The SMILES string of the molecule is [CH2-]CCC=O.[Y]. The van der Waals surface area contributed by atoms with Gasteiger partial charge < -0.3 is 11.7 Å². The van der Waals surface area contributed by atoms with Crippen LogP contribution >= 0.6 is 0 Å². The molecule has 0 aliphatic rings. The Hall–Kier alpha value is 0.774. The molecule has 0 bridgehead atoms. The van der Waals surface area contributed by atoms with Crippen LogP contribution in [0.4, 0.5) is 0 Å². The summed E-state index contributed by atoms with van der Waals surface area (Å²) in [5.74, 6) is 0. The summed E-state index contributed by atoms with van der Waals surface area (Å²) < 4.78 is 0. The molecule has 0 aromatic carbocycles. The average molecular weight is 160 g/mol. The molecule has 0 N–H and O–H groups in total. The van der Waals surface area contributed by atoms with Crippen LogP contribution in [0.1, 0.15) is 12.8 Å². The van der Waals surface area contributed by atoms with Crippen molar-refractivity contribution in [2.24, 2.45) is 0 Å². The monoisotopic (exact) mass is 160 g/mol. The van der Waals surface area contributed by atoms with Gasteiger partial charge in [0.1, 0.15) is 6.29 Å². The first kappa shape index (κ1) is 9.91. The van der Waals surface area contributed by atoms with Gasteiger partial charge in [0, 0.05) is 32.7 Å². The van der Waals surface area contributed by atoms with Crippen molar-refractivity contribution in [3.05, 3.63) is 6.92 Å². The molecule has 0 rings (SSSR count). The van der Waals surface area contributed by atoms with Crippen LogP contribution in [0.3, 0.4) is 0 Å². The fourth-order valence-corrected chi connectivity index (χ4v) is 0.0833. The van der Waals surface area contributed by atoms with Crippen molar-refractivity contribution in [1.29, 1.82) is 0 Å². The largest absolute Gasteiger partial charge is 0.343 e. The van der Waals surface area contributed by atoms with Crippen molar-refractivity contribution >= 4 is 6.29 Å². The minimum atomic E-state index is 0. The van der Waals surface area contributed by atoms with E-state index in [0.717, 1.165) is 12.7 Å². The van der Waals surface area contributed by atoms with Crippen LogP contribution in [0.2, 0.25) is 0 Å². The van der Waals surface area contributed by atoms with E-state index in [0.29, 0.717) is 6.42 Å². The van der Waals surface area contributed by atoms with Crippen LogP contribution in [-0.2, 0) is 37.5 Å². The smallest absolute Gasteiger partial charge is 0.117 e. The van der Waals surface area contributed by atoms with E-state index < -0.39 is 0 Å². The fourth-order valence-electron chi connectivity index (χ4n) is 0.0833. The van der Waals surface area contributed by atoms with Crippen LogP contribution in [0.15, 0.2) is 0 Å². The van der Waals surface area contributed by atoms with Gasteiger partial charge in [0.15, 0.2) is 0 Å².